The summed E-state index contributed by atoms with van der Waals surface area (Å²) in [5, 5.41) is 0. The third-order valence-corrected chi connectivity index (χ3v) is 9.12. The minimum Gasteiger partial charge on any atom is -0.449 e. The van der Waals surface area contributed by atoms with Crippen LogP contribution in [0, 0.1) is 11.8 Å². The van der Waals surface area contributed by atoms with E-state index < -0.39 is 0 Å². The Morgan fingerprint density at radius 2 is 1.12 bits per heavy atom. The SMILES string of the molecule is c1cc2c(c(C3(C4CCCC4)OC3COCC3OC3(c3cccc4c3O4)C3CCCC3)c1)O2. The van der Waals surface area contributed by atoms with E-state index in [0.29, 0.717) is 25.0 Å². The normalized spacial score (nSPS) is 35.5. The predicted octanol–water partition coefficient (Wildman–Crippen LogP) is 6.18. The predicted molar refractivity (Wildman–Crippen MR) is 121 cm³/mol. The monoisotopic (exact) mass is 446 g/mol. The second kappa shape index (κ2) is 6.74. The van der Waals surface area contributed by atoms with E-state index in [9.17, 15) is 0 Å². The number of hydrogen-bond donors (Lipinski definition) is 0. The highest BCUT2D eigenvalue weighted by Gasteiger charge is 2.67. The van der Waals surface area contributed by atoms with E-state index in [2.05, 4.69) is 24.3 Å². The van der Waals surface area contributed by atoms with Gasteiger partial charge in [-0.25, -0.2) is 0 Å². The van der Waals surface area contributed by atoms with Gasteiger partial charge in [0.2, 0.25) is 0 Å². The highest BCUT2D eigenvalue weighted by molar-refractivity contribution is 5.63. The Hall–Kier alpha value is -2.08. The van der Waals surface area contributed by atoms with Crippen LogP contribution in [0.3, 0.4) is 0 Å². The number of epoxide rings is 2. The van der Waals surface area contributed by atoms with E-state index in [1.807, 2.05) is 12.1 Å². The van der Waals surface area contributed by atoms with E-state index in [1.165, 1.54) is 62.5 Å². The van der Waals surface area contributed by atoms with Crippen LogP contribution in [0.5, 0.6) is 23.0 Å². The molecule has 0 spiro atoms. The van der Waals surface area contributed by atoms with Crippen molar-refractivity contribution in [2.45, 2.75) is 74.8 Å². The van der Waals surface area contributed by atoms with E-state index in [-0.39, 0.29) is 23.4 Å². The summed E-state index contributed by atoms with van der Waals surface area (Å²) in [5.41, 5.74) is 2.05. The van der Waals surface area contributed by atoms with Crippen LogP contribution < -0.4 is 9.47 Å². The molecule has 4 aliphatic heterocycles. The summed E-state index contributed by atoms with van der Waals surface area (Å²) >= 11 is 0. The molecule has 2 aromatic carbocycles. The van der Waals surface area contributed by atoms with E-state index >= 15 is 0 Å². The molecule has 0 N–H and O–H groups in total. The van der Waals surface area contributed by atoms with Gasteiger partial charge in [0.05, 0.1) is 13.2 Å². The molecule has 2 saturated carbocycles. The highest BCUT2D eigenvalue weighted by Crippen LogP contribution is 2.65. The van der Waals surface area contributed by atoms with Gasteiger partial charge in [-0.05, 0) is 49.7 Å². The lowest BCUT2D eigenvalue weighted by molar-refractivity contribution is 0.101. The van der Waals surface area contributed by atoms with Gasteiger partial charge < -0.3 is 23.7 Å². The molecular weight excluding hydrogens is 416 g/mol. The molecule has 4 fully saturated rings. The highest BCUT2D eigenvalue weighted by atomic mass is 16.7. The summed E-state index contributed by atoms with van der Waals surface area (Å²) in [6.07, 6.45) is 10.3. The van der Waals surface area contributed by atoms with Crippen molar-refractivity contribution >= 4 is 0 Å². The van der Waals surface area contributed by atoms with E-state index in [0.717, 1.165) is 23.0 Å². The fourth-order valence-corrected chi connectivity index (χ4v) is 7.34. The standard InChI is InChI=1S/C28H30O5/c1-2-8-17(7-1)27(19-11-5-13-21-25(19)30-21)23(32-27)15-29-16-24-28(33-24,18-9-3-4-10-18)20-12-6-14-22-26(20)31-22/h5-6,11-14,17-18,23-24H,1-4,7-10,15-16H2. The molecule has 0 radical (unpaired) electrons. The molecule has 2 aromatic rings. The number of rotatable bonds is 8. The molecule has 5 nitrogen and oxygen atoms in total. The van der Waals surface area contributed by atoms with Crippen molar-refractivity contribution in [1.82, 2.24) is 0 Å². The average molecular weight is 447 g/mol. The summed E-state index contributed by atoms with van der Waals surface area (Å²) in [4.78, 5) is 0. The Morgan fingerprint density at radius 1 is 0.667 bits per heavy atom. The van der Waals surface area contributed by atoms with Gasteiger partial charge in [-0.1, -0.05) is 49.9 Å². The molecule has 6 aliphatic rings. The fourth-order valence-electron chi connectivity index (χ4n) is 7.34. The number of fused-ring (bicyclic) bond motifs is 2. The van der Waals surface area contributed by atoms with Gasteiger partial charge in [0.15, 0.2) is 23.0 Å². The zero-order chi connectivity index (χ0) is 21.6. The van der Waals surface area contributed by atoms with Crippen molar-refractivity contribution in [3.8, 4) is 23.0 Å². The number of hydrogen-bond acceptors (Lipinski definition) is 5. The smallest absolute Gasteiger partial charge is 0.176 e. The molecule has 8 rings (SSSR count). The summed E-state index contributed by atoms with van der Waals surface area (Å²) in [5.74, 6) is 5.24. The molecule has 0 amide bonds. The largest absolute Gasteiger partial charge is 0.449 e. The molecule has 0 aromatic heterocycles. The maximum atomic E-state index is 6.49. The summed E-state index contributed by atoms with van der Waals surface area (Å²) in [6, 6.07) is 12.7. The van der Waals surface area contributed by atoms with Gasteiger partial charge in [0, 0.05) is 11.1 Å². The van der Waals surface area contributed by atoms with Crippen molar-refractivity contribution in [2.24, 2.45) is 11.8 Å². The lowest BCUT2D eigenvalue weighted by Crippen LogP contribution is -2.27. The van der Waals surface area contributed by atoms with Crippen molar-refractivity contribution in [3.63, 3.8) is 0 Å². The Kier molecular flexibility index (Phi) is 3.93. The molecule has 4 unspecified atom stereocenters. The van der Waals surface area contributed by atoms with Crippen LogP contribution in [-0.2, 0) is 25.4 Å². The first-order valence-electron chi connectivity index (χ1n) is 12.9. The average Bonchev–Trinajstić information content (AvgIpc) is 3.79. The minimum absolute atomic E-state index is 0.105. The number of benzene rings is 2. The zero-order valence-electron chi connectivity index (χ0n) is 18.9. The van der Waals surface area contributed by atoms with Crippen molar-refractivity contribution < 1.29 is 23.7 Å². The van der Waals surface area contributed by atoms with Gasteiger partial charge in [-0.3, -0.25) is 0 Å². The van der Waals surface area contributed by atoms with E-state index in [4.69, 9.17) is 23.7 Å². The van der Waals surface area contributed by atoms with Crippen molar-refractivity contribution in [3.05, 3.63) is 47.5 Å². The van der Waals surface area contributed by atoms with Gasteiger partial charge in [0.1, 0.15) is 23.4 Å². The van der Waals surface area contributed by atoms with Crippen molar-refractivity contribution in [1.29, 1.82) is 0 Å². The topological polar surface area (TPSA) is 59.4 Å². The Morgan fingerprint density at radius 3 is 1.58 bits per heavy atom. The fraction of sp³-hybridized carbons (Fsp3) is 0.571. The number of para-hydroxylation sites is 2. The molecule has 5 heteroatoms. The first kappa shape index (κ1) is 19.2. The van der Waals surface area contributed by atoms with Crippen LogP contribution in [0.4, 0.5) is 0 Å². The first-order chi connectivity index (χ1) is 16.3. The molecule has 0 bridgehead atoms. The minimum atomic E-state index is -0.219. The molecular formula is C28H30O5. The Balaban J connectivity index is 0.984. The molecule has 172 valence electrons. The van der Waals surface area contributed by atoms with Gasteiger partial charge >= 0.3 is 0 Å². The number of ether oxygens (including phenoxy) is 5. The molecule has 4 heterocycles. The van der Waals surface area contributed by atoms with Crippen LogP contribution in [0.1, 0.15) is 62.5 Å². The molecule has 4 atom stereocenters. The van der Waals surface area contributed by atoms with Crippen LogP contribution in [0.25, 0.3) is 0 Å². The van der Waals surface area contributed by atoms with Crippen LogP contribution in [0.2, 0.25) is 0 Å². The van der Waals surface area contributed by atoms with Crippen molar-refractivity contribution in [2.75, 3.05) is 13.2 Å². The summed E-state index contributed by atoms with van der Waals surface area (Å²) < 4.78 is 30.8. The second-order valence-corrected chi connectivity index (χ2v) is 10.8. The molecule has 33 heavy (non-hydrogen) atoms. The van der Waals surface area contributed by atoms with Gasteiger partial charge in [-0.15, -0.1) is 0 Å². The second-order valence-electron chi connectivity index (χ2n) is 10.8. The third kappa shape index (κ3) is 2.76. The lowest BCUT2D eigenvalue weighted by atomic mass is 9.81. The van der Waals surface area contributed by atoms with E-state index in [1.54, 1.807) is 0 Å². The van der Waals surface area contributed by atoms with Crippen LogP contribution >= 0.6 is 0 Å². The maximum Gasteiger partial charge on any atom is 0.176 e. The Bertz CT molecular complexity index is 1030. The van der Waals surface area contributed by atoms with Crippen LogP contribution in [0.15, 0.2) is 36.4 Å². The Labute approximate surface area is 194 Å². The maximum absolute atomic E-state index is 6.49. The first-order valence-corrected chi connectivity index (χ1v) is 12.9. The summed E-state index contributed by atoms with van der Waals surface area (Å²) in [7, 11) is 0. The van der Waals surface area contributed by atoms with Crippen LogP contribution in [-0.4, -0.2) is 25.4 Å². The van der Waals surface area contributed by atoms with Gasteiger partial charge in [-0.2, -0.15) is 0 Å². The molecule has 2 saturated heterocycles. The van der Waals surface area contributed by atoms with Gasteiger partial charge in [0.25, 0.3) is 0 Å². The quantitative estimate of drug-likeness (QED) is 0.302. The molecule has 2 aliphatic carbocycles. The third-order valence-electron chi connectivity index (χ3n) is 9.12. The summed E-state index contributed by atoms with van der Waals surface area (Å²) in [6.45, 7) is 1.23. The lowest BCUT2D eigenvalue weighted by Gasteiger charge is -2.21. The zero-order valence-corrected chi connectivity index (χ0v) is 18.9.